The van der Waals surface area contributed by atoms with Crippen LogP contribution in [0.5, 0.6) is 5.75 Å². The summed E-state index contributed by atoms with van der Waals surface area (Å²) in [7, 11) is 1.61. The number of H-pyrrole nitrogens is 1. The second-order valence-electron chi connectivity index (χ2n) is 4.88. The van der Waals surface area contributed by atoms with Gasteiger partial charge in [0.2, 0.25) is 0 Å². The number of nitrogens with zero attached hydrogens (tertiary/aromatic N) is 1. The van der Waals surface area contributed by atoms with Gasteiger partial charge in [-0.25, -0.2) is 4.98 Å². The standard InChI is InChI=1S/C14H13BrN2O3/c1-20-11-3-2-8(6-9(11)15)10-7-16-12(17-10)14(4-5-14)13(18)19/h2-3,6-7H,4-5H2,1H3,(H,16,17)(H,18,19). The highest BCUT2D eigenvalue weighted by Crippen LogP contribution is 2.47. The Hall–Kier alpha value is -1.82. The number of rotatable bonds is 4. The number of imidazole rings is 1. The fourth-order valence-corrected chi connectivity index (χ4v) is 2.76. The molecule has 0 aliphatic heterocycles. The molecule has 1 heterocycles. The summed E-state index contributed by atoms with van der Waals surface area (Å²) in [5, 5.41) is 9.27. The molecular weight excluding hydrogens is 324 g/mol. The van der Waals surface area contributed by atoms with E-state index in [0.717, 1.165) is 21.5 Å². The van der Waals surface area contributed by atoms with E-state index in [1.807, 2.05) is 18.2 Å². The number of aromatic nitrogens is 2. The monoisotopic (exact) mass is 336 g/mol. The zero-order chi connectivity index (χ0) is 14.3. The molecule has 1 aromatic carbocycles. The van der Waals surface area contributed by atoms with Crippen LogP contribution in [0.1, 0.15) is 18.7 Å². The Bertz CT molecular complexity index is 677. The van der Waals surface area contributed by atoms with E-state index in [0.29, 0.717) is 18.7 Å². The number of carboxylic acid groups (broad SMARTS) is 1. The quantitative estimate of drug-likeness (QED) is 0.899. The number of methoxy groups -OCH3 is 1. The lowest BCUT2D eigenvalue weighted by Crippen LogP contribution is -2.20. The third-order valence-corrected chi connectivity index (χ3v) is 4.27. The Morgan fingerprint density at radius 2 is 2.25 bits per heavy atom. The molecule has 1 aliphatic rings. The van der Waals surface area contributed by atoms with Gasteiger partial charge < -0.3 is 14.8 Å². The zero-order valence-corrected chi connectivity index (χ0v) is 12.4. The smallest absolute Gasteiger partial charge is 0.317 e. The molecule has 6 heteroatoms. The number of carboxylic acids is 1. The summed E-state index contributed by atoms with van der Waals surface area (Å²) in [5.41, 5.74) is 0.926. The predicted octanol–water partition coefficient (Wildman–Crippen LogP) is 2.96. The average molecular weight is 337 g/mol. The predicted molar refractivity (Wildman–Crippen MR) is 76.8 cm³/mol. The molecule has 0 saturated heterocycles. The molecule has 1 aliphatic carbocycles. The van der Waals surface area contributed by atoms with Crippen LogP contribution in [0.2, 0.25) is 0 Å². The first kappa shape index (κ1) is 13.2. The summed E-state index contributed by atoms with van der Waals surface area (Å²) in [5.74, 6) is 0.471. The fraction of sp³-hybridized carbons (Fsp3) is 0.286. The Kier molecular flexibility index (Phi) is 3.05. The van der Waals surface area contributed by atoms with Crippen LogP contribution in [-0.4, -0.2) is 28.2 Å². The van der Waals surface area contributed by atoms with Crippen LogP contribution in [0.3, 0.4) is 0 Å². The van der Waals surface area contributed by atoms with Crippen molar-refractivity contribution in [2.24, 2.45) is 0 Å². The van der Waals surface area contributed by atoms with Gasteiger partial charge in [-0.05, 0) is 47.0 Å². The van der Waals surface area contributed by atoms with Gasteiger partial charge in [0, 0.05) is 5.56 Å². The maximum Gasteiger partial charge on any atom is 0.317 e. The number of hydrogen-bond donors (Lipinski definition) is 2. The molecule has 1 aromatic heterocycles. The zero-order valence-electron chi connectivity index (χ0n) is 10.8. The molecule has 2 aromatic rings. The van der Waals surface area contributed by atoms with E-state index in [4.69, 9.17) is 4.74 Å². The number of carbonyl (C=O) groups is 1. The molecular formula is C14H13BrN2O3. The van der Waals surface area contributed by atoms with Crippen molar-refractivity contribution in [1.29, 1.82) is 0 Å². The molecule has 0 bridgehead atoms. The van der Waals surface area contributed by atoms with E-state index in [1.165, 1.54) is 0 Å². The fourth-order valence-electron chi connectivity index (χ4n) is 2.22. The number of aliphatic carboxylic acids is 1. The van der Waals surface area contributed by atoms with Gasteiger partial charge in [-0.1, -0.05) is 0 Å². The lowest BCUT2D eigenvalue weighted by Gasteiger charge is -2.06. The average Bonchev–Trinajstić information content (AvgIpc) is 3.10. The largest absolute Gasteiger partial charge is 0.496 e. The first-order valence-electron chi connectivity index (χ1n) is 6.19. The molecule has 5 nitrogen and oxygen atoms in total. The normalized spacial score (nSPS) is 15.9. The van der Waals surface area contributed by atoms with Crippen LogP contribution in [0.4, 0.5) is 0 Å². The summed E-state index contributed by atoms with van der Waals surface area (Å²) < 4.78 is 6.03. The highest BCUT2D eigenvalue weighted by molar-refractivity contribution is 9.10. The van der Waals surface area contributed by atoms with E-state index in [1.54, 1.807) is 13.3 Å². The summed E-state index contributed by atoms with van der Waals surface area (Å²) >= 11 is 3.43. The van der Waals surface area contributed by atoms with Crippen molar-refractivity contribution in [1.82, 2.24) is 9.97 Å². The highest BCUT2D eigenvalue weighted by atomic mass is 79.9. The minimum absolute atomic E-state index is 0.534. The number of ether oxygens (including phenoxy) is 1. The van der Waals surface area contributed by atoms with Crippen molar-refractivity contribution in [3.63, 3.8) is 0 Å². The van der Waals surface area contributed by atoms with Gasteiger partial charge >= 0.3 is 5.97 Å². The molecule has 20 heavy (non-hydrogen) atoms. The second kappa shape index (κ2) is 4.63. The third kappa shape index (κ3) is 2.00. The summed E-state index contributed by atoms with van der Waals surface area (Å²) in [4.78, 5) is 18.6. The van der Waals surface area contributed by atoms with Crippen LogP contribution in [0, 0.1) is 0 Å². The Morgan fingerprint density at radius 1 is 1.50 bits per heavy atom. The van der Waals surface area contributed by atoms with Crippen LogP contribution >= 0.6 is 15.9 Å². The van der Waals surface area contributed by atoms with Gasteiger partial charge in [-0.2, -0.15) is 0 Å². The van der Waals surface area contributed by atoms with Crippen LogP contribution in [-0.2, 0) is 10.2 Å². The van der Waals surface area contributed by atoms with Gasteiger partial charge in [0.15, 0.2) is 0 Å². The topological polar surface area (TPSA) is 75.2 Å². The maximum atomic E-state index is 11.3. The Labute approximate surface area is 124 Å². The van der Waals surface area contributed by atoms with Crippen molar-refractivity contribution in [3.05, 3.63) is 34.7 Å². The van der Waals surface area contributed by atoms with Gasteiger partial charge in [-0.15, -0.1) is 0 Å². The Balaban J connectivity index is 1.95. The molecule has 0 radical (unpaired) electrons. The van der Waals surface area contributed by atoms with Crippen LogP contribution in [0.15, 0.2) is 28.9 Å². The molecule has 0 atom stereocenters. The third-order valence-electron chi connectivity index (χ3n) is 3.65. The van der Waals surface area contributed by atoms with Crippen molar-refractivity contribution in [2.45, 2.75) is 18.3 Å². The summed E-state index contributed by atoms with van der Waals surface area (Å²) in [6.45, 7) is 0. The minimum atomic E-state index is -0.811. The van der Waals surface area contributed by atoms with E-state index in [2.05, 4.69) is 25.9 Å². The molecule has 0 spiro atoms. The summed E-state index contributed by atoms with van der Waals surface area (Å²) in [6, 6.07) is 5.67. The molecule has 1 fully saturated rings. The first-order chi connectivity index (χ1) is 9.56. The van der Waals surface area contributed by atoms with Crippen LogP contribution in [0.25, 0.3) is 11.3 Å². The van der Waals surface area contributed by atoms with Crippen molar-refractivity contribution in [3.8, 4) is 17.0 Å². The maximum absolute atomic E-state index is 11.3. The van der Waals surface area contributed by atoms with Crippen molar-refractivity contribution in [2.75, 3.05) is 7.11 Å². The van der Waals surface area contributed by atoms with Gasteiger partial charge in [0.25, 0.3) is 0 Å². The number of hydrogen-bond acceptors (Lipinski definition) is 3. The molecule has 1 saturated carbocycles. The first-order valence-corrected chi connectivity index (χ1v) is 6.99. The van der Waals surface area contributed by atoms with E-state index in [-0.39, 0.29) is 0 Å². The highest BCUT2D eigenvalue weighted by Gasteiger charge is 2.54. The minimum Gasteiger partial charge on any atom is -0.496 e. The number of halogens is 1. The van der Waals surface area contributed by atoms with Crippen molar-refractivity contribution >= 4 is 21.9 Å². The Morgan fingerprint density at radius 3 is 2.80 bits per heavy atom. The van der Waals surface area contributed by atoms with E-state index >= 15 is 0 Å². The van der Waals surface area contributed by atoms with Gasteiger partial charge in [0.05, 0.1) is 23.5 Å². The number of aromatic amines is 1. The molecule has 0 amide bonds. The molecule has 104 valence electrons. The molecule has 2 N–H and O–H groups in total. The molecule has 3 rings (SSSR count). The lowest BCUT2D eigenvalue weighted by molar-refractivity contribution is -0.140. The SMILES string of the molecule is COc1ccc(-c2cnc(C3(C(=O)O)CC3)[nH]2)cc1Br. The summed E-state index contributed by atoms with van der Waals surface area (Å²) in [6.07, 6.45) is 2.95. The van der Waals surface area contributed by atoms with Gasteiger partial charge in [0.1, 0.15) is 17.0 Å². The van der Waals surface area contributed by atoms with E-state index < -0.39 is 11.4 Å². The number of nitrogens with one attached hydrogen (secondary N) is 1. The lowest BCUT2D eigenvalue weighted by atomic mass is 10.1. The second-order valence-corrected chi connectivity index (χ2v) is 5.74. The van der Waals surface area contributed by atoms with Crippen LogP contribution < -0.4 is 4.74 Å². The van der Waals surface area contributed by atoms with Crippen molar-refractivity contribution < 1.29 is 14.6 Å². The number of benzene rings is 1. The van der Waals surface area contributed by atoms with Gasteiger partial charge in [-0.3, -0.25) is 4.79 Å². The molecule has 0 unspecified atom stereocenters. The van der Waals surface area contributed by atoms with E-state index in [9.17, 15) is 9.90 Å².